The van der Waals surface area contributed by atoms with Gasteiger partial charge in [-0.2, -0.15) is 0 Å². The Morgan fingerprint density at radius 3 is 2.65 bits per heavy atom. The van der Waals surface area contributed by atoms with Crippen molar-refractivity contribution in [3.63, 3.8) is 0 Å². The van der Waals surface area contributed by atoms with Crippen molar-refractivity contribution in [2.45, 2.75) is 6.42 Å². The molecule has 3 rings (SSSR count). The molecule has 0 saturated carbocycles. The van der Waals surface area contributed by atoms with Gasteiger partial charge in [-0.1, -0.05) is 18.2 Å². The van der Waals surface area contributed by atoms with Crippen LogP contribution in [-0.2, 0) is 6.42 Å². The Hall–Kier alpha value is -3.42. The summed E-state index contributed by atoms with van der Waals surface area (Å²) in [6.07, 6.45) is 0.302. The van der Waals surface area contributed by atoms with Crippen molar-refractivity contribution in [2.75, 3.05) is 13.7 Å². The zero-order valence-electron chi connectivity index (χ0n) is 14.0. The number of H-pyrrole nitrogens is 1. The minimum atomic E-state index is -0.802. The third-order valence-electron chi connectivity index (χ3n) is 3.83. The number of methoxy groups -OCH3 is 1. The molecule has 2 aromatic carbocycles. The molecular formula is C18H17FN3O4+. The molecule has 0 atom stereocenters. The summed E-state index contributed by atoms with van der Waals surface area (Å²) < 4.78 is 24.7. The van der Waals surface area contributed by atoms with Gasteiger partial charge in [-0.3, -0.25) is 9.32 Å². The maximum absolute atomic E-state index is 13.6. The maximum atomic E-state index is 13.6. The molecule has 0 unspecified atom stereocenters. The highest BCUT2D eigenvalue weighted by atomic mass is 19.1. The number of nitrogens with zero attached hydrogens (tertiary/aromatic N) is 1. The molecule has 3 aromatic rings. The van der Waals surface area contributed by atoms with Gasteiger partial charge in [0, 0.05) is 18.7 Å². The molecule has 2 N–H and O–H groups in total. The van der Waals surface area contributed by atoms with E-state index in [4.69, 9.17) is 9.26 Å². The molecule has 0 bridgehead atoms. The van der Waals surface area contributed by atoms with Crippen LogP contribution in [0, 0.1) is 5.82 Å². The van der Waals surface area contributed by atoms with Gasteiger partial charge in [0.25, 0.3) is 0 Å². The van der Waals surface area contributed by atoms with Crippen molar-refractivity contribution in [3.8, 4) is 11.4 Å². The fraction of sp³-hybridized carbons (Fsp3) is 0.167. The van der Waals surface area contributed by atoms with Crippen molar-refractivity contribution in [3.05, 3.63) is 76.0 Å². The van der Waals surface area contributed by atoms with Crippen molar-refractivity contribution in [1.29, 1.82) is 0 Å². The first-order chi connectivity index (χ1) is 12.6. The van der Waals surface area contributed by atoms with E-state index in [2.05, 4.69) is 10.6 Å². The Bertz CT molecular complexity index is 963. The van der Waals surface area contributed by atoms with E-state index in [9.17, 15) is 14.0 Å². The van der Waals surface area contributed by atoms with E-state index in [1.807, 2.05) is 0 Å². The molecule has 1 aromatic heterocycles. The van der Waals surface area contributed by atoms with Gasteiger partial charge in [0.2, 0.25) is 5.69 Å². The van der Waals surface area contributed by atoms with Crippen LogP contribution < -0.4 is 20.4 Å². The van der Waals surface area contributed by atoms with E-state index in [0.717, 1.165) is 0 Å². The second kappa shape index (κ2) is 7.64. The van der Waals surface area contributed by atoms with Crippen LogP contribution >= 0.6 is 0 Å². The minimum Gasteiger partial charge on any atom is -0.497 e. The van der Waals surface area contributed by atoms with E-state index in [-0.39, 0.29) is 18.1 Å². The Kier molecular flexibility index (Phi) is 5.12. The van der Waals surface area contributed by atoms with Crippen molar-refractivity contribution in [1.82, 2.24) is 10.6 Å². The average molecular weight is 358 g/mol. The number of nitrogens with one attached hydrogen (secondary N) is 2. The molecule has 1 heterocycles. The summed E-state index contributed by atoms with van der Waals surface area (Å²) in [6, 6.07) is 13.0. The summed E-state index contributed by atoms with van der Waals surface area (Å²) >= 11 is 0. The first kappa shape index (κ1) is 17.4. The van der Waals surface area contributed by atoms with E-state index in [1.54, 1.807) is 42.5 Å². The van der Waals surface area contributed by atoms with Gasteiger partial charge in [0.1, 0.15) is 11.6 Å². The molecule has 0 saturated heterocycles. The lowest BCUT2D eigenvalue weighted by Crippen LogP contribution is -2.45. The van der Waals surface area contributed by atoms with Gasteiger partial charge in [0.05, 0.1) is 7.11 Å². The van der Waals surface area contributed by atoms with Crippen LogP contribution in [0.25, 0.3) is 5.69 Å². The summed E-state index contributed by atoms with van der Waals surface area (Å²) in [5, 5.41) is 5.00. The first-order valence-corrected chi connectivity index (χ1v) is 7.89. The second-order valence-corrected chi connectivity index (χ2v) is 5.46. The third kappa shape index (κ3) is 3.64. The number of benzene rings is 2. The summed E-state index contributed by atoms with van der Waals surface area (Å²) in [5.74, 6) is -0.320. The molecule has 0 aliphatic carbocycles. The molecule has 0 aliphatic heterocycles. The maximum Gasteiger partial charge on any atom is 0.441 e. The molecule has 1 amide bonds. The van der Waals surface area contributed by atoms with E-state index >= 15 is 0 Å². The molecule has 0 spiro atoms. The average Bonchev–Trinajstić information content (AvgIpc) is 3.05. The van der Waals surface area contributed by atoms with E-state index in [0.29, 0.717) is 23.4 Å². The lowest BCUT2D eigenvalue weighted by molar-refractivity contribution is -0.672. The zero-order valence-corrected chi connectivity index (χ0v) is 14.0. The number of ether oxygens (including phenoxy) is 1. The Morgan fingerprint density at radius 1 is 1.23 bits per heavy atom. The van der Waals surface area contributed by atoms with Crippen LogP contribution in [-0.4, -0.2) is 24.8 Å². The van der Waals surface area contributed by atoms with Crippen molar-refractivity contribution in [2.24, 2.45) is 0 Å². The fourth-order valence-corrected chi connectivity index (χ4v) is 2.48. The SMILES string of the molecule is COc1ccc(-[n+]2[nH]oc(=O)c2C(=O)NCCc2ccccc2F)cc1. The van der Waals surface area contributed by atoms with Crippen LogP contribution in [0.2, 0.25) is 0 Å². The largest absolute Gasteiger partial charge is 0.497 e. The summed E-state index contributed by atoms with van der Waals surface area (Å²) in [7, 11) is 1.54. The highest BCUT2D eigenvalue weighted by molar-refractivity contribution is 5.90. The normalized spacial score (nSPS) is 10.5. The molecular weight excluding hydrogens is 341 g/mol. The van der Waals surface area contributed by atoms with E-state index < -0.39 is 11.5 Å². The van der Waals surface area contributed by atoms with Gasteiger partial charge in [-0.25, -0.2) is 9.18 Å². The number of carbonyl (C=O) groups excluding carboxylic acids is 1. The Morgan fingerprint density at radius 2 is 1.96 bits per heavy atom. The number of carbonyl (C=O) groups is 1. The Labute approximate surface area is 148 Å². The lowest BCUT2D eigenvalue weighted by Gasteiger charge is -2.03. The zero-order chi connectivity index (χ0) is 18.5. The topological polar surface area (TPSA) is 88.2 Å². The number of aromatic nitrogens is 2. The number of hydrogen-bond acceptors (Lipinski definition) is 4. The van der Waals surface area contributed by atoms with Crippen LogP contribution in [0.3, 0.4) is 0 Å². The molecule has 8 heteroatoms. The standard InChI is InChI=1S/C18H16FN3O4/c1-25-14-8-6-13(7-9-14)22-16(18(24)26-21-22)17(23)20-11-10-12-4-2-3-5-15(12)19/h2-9H,10-11H2,1H3,(H-,20,21,23,24)/p+1. The molecule has 0 fully saturated rings. The summed E-state index contributed by atoms with van der Waals surface area (Å²) in [4.78, 5) is 24.3. The van der Waals surface area contributed by atoms with Crippen LogP contribution in [0.5, 0.6) is 5.75 Å². The van der Waals surface area contributed by atoms with Gasteiger partial charge in [-0.15, -0.1) is 0 Å². The third-order valence-corrected chi connectivity index (χ3v) is 3.83. The number of halogens is 1. The summed E-state index contributed by atoms with van der Waals surface area (Å²) in [5.41, 5.74) is 0.000693. The molecule has 26 heavy (non-hydrogen) atoms. The summed E-state index contributed by atoms with van der Waals surface area (Å²) in [6.45, 7) is 0.174. The van der Waals surface area contributed by atoms with Crippen molar-refractivity contribution < 1.29 is 23.1 Å². The Balaban J connectivity index is 1.74. The number of hydrogen-bond donors (Lipinski definition) is 2. The van der Waals surface area contributed by atoms with Gasteiger partial charge >= 0.3 is 17.2 Å². The van der Waals surface area contributed by atoms with Gasteiger partial charge in [-0.05, 0) is 40.1 Å². The molecule has 134 valence electrons. The highest BCUT2D eigenvalue weighted by Crippen LogP contribution is 2.11. The molecule has 0 aliphatic rings. The highest BCUT2D eigenvalue weighted by Gasteiger charge is 2.30. The molecule has 7 nitrogen and oxygen atoms in total. The van der Waals surface area contributed by atoms with Crippen LogP contribution in [0.4, 0.5) is 4.39 Å². The lowest BCUT2D eigenvalue weighted by atomic mass is 10.1. The number of rotatable bonds is 6. The predicted molar refractivity (Wildman–Crippen MR) is 89.8 cm³/mol. The van der Waals surface area contributed by atoms with Crippen molar-refractivity contribution >= 4 is 5.91 Å². The molecule has 0 radical (unpaired) electrons. The number of amides is 1. The van der Waals surface area contributed by atoms with Gasteiger partial charge < -0.3 is 10.1 Å². The smallest absolute Gasteiger partial charge is 0.441 e. The predicted octanol–water partition coefficient (Wildman–Crippen LogP) is 1.36. The van der Waals surface area contributed by atoms with E-state index in [1.165, 1.54) is 17.9 Å². The second-order valence-electron chi connectivity index (χ2n) is 5.46. The van der Waals surface area contributed by atoms with Crippen LogP contribution in [0.15, 0.2) is 57.8 Å². The van der Waals surface area contributed by atoms with Gasteiger partial charge in [0.15, 0.2) is 0 Å². The monoisotopic (exact) mass is 358 g/mol. The minimum absolute atomic E-state index is 0.174. The number of aromatic amines is 1. The van der Waals surface area contributed by atoms with Crippen LogP contribution in [0.1, 0.15) is 16.1 Å². The first-order valence-electron chi connectivity index (χ1n) is 7.89. The quantitative estimate of drug-likeness (QED) is 0.652. The fourth-order valence-electron chi connectivity index (χ4n) is 2.48.